The van der Waals surface area contributed by atoms with E-state index in [1.54, 1.807) is 20.3 Å². The summed E-state index contributed by atoms with van der Waals surface area (Å²) >= 11 is 0. The van der Waals surface area contributed by atoms with Crippen molar-refractivity contribution in [2.45, 2.75) is 32.1 Å². The third-order valence-electron chi connectivity index (χ3n) is 6.43. The zero-order valence-corrected chi connectivity index (χ0v) is 19.6. The van der Waals surface area contributed by atoms with Crippen LogP contribution in [0, 0.1) is 5.41 Å². The number of amides is 1. The highest BCUT2D eigenvalue weighted by atomic mass is 16.5. The molecule has 0 bridgehead atoms. The molecule has 2 aromatic rings. The van der Waals surface area contributed by atoms with Crippen LogP contribution in [-0.4, -0.2) is 46.0 Å². The van der Waals surface area contributed by atoms with E-state index in [1.807, 2.05) is 31.3 Å². The molecule has 1 heterocycles. The second-order valence-electron chi connectivity index (χ2n) is 8.42. The first kappa shape index (κ1) is 22.7. The van der Waals surface area contributed by atoms with Gasteiger partial charge in [-0.15, -0.1) is 0 Å². The number of methoxy groups -OCH3 is 2. The largest absolute Gasteiger partial charge is 0.497 e. The van der Waals surface area contributed by atoms with Crippen LogP contribution in [0.4, 0.5) is 17.1 Å². The molecule has 2 aliphatic rings. The number of hydrogen-bond donors (Lipinski definition) is 3. The molecule has 0 radical (unpaired) electrons. The van der Waals surface area contributed by atoms with Crippen LogP contribution < -0.4 is 25.0 Å². The van der Waals surface area contributed by atoms with E-state index >= 15 is 0 Å². The van der Waals surface area contributed by atoms with Crippen molar-refractivity contribution in [2.75, 3.05) is 49.9 Å². The van der Waals surface area contributed by atoms with Crippen LogP contribution in [0.2, 0.25) is 0 Å². The summed E-state index contributed by atoms with van der Waals surface area (Å²) in [6.07, 6.45) is 4.61. The van der Waals surface area contributed by atoms with Crippen LogP contribution in [0.25, 0.3) is 0 Å². The van der Waals surface area contributed by atoms with Crippen molar-refractivity contribution in [3.05, 3.63) is 53.1 Å². The Labute approximate surface area is 195 Å². The summed E-state index contributed by atoms with van der Waals surface area (Å²) in [5, 5.41) is 15.1. The maximum absolute atomic E-state index is 13.4. The lowest BCUT2D eigenvalue weighted by Gasteiger charge is -2.20. The summed E-state index contributed by atoms with van der Waals surface area (Å²) in [5.41, 5.74) is 5.24. The summed E-state index contributed by atoms with van der Waals surface area (Å²) in [4.78, 5) is 15.7. The van der Waals surface area contributed by atoms with Crippen molar-refractivity contribution in [1.82, 2.24) is 0 Å². The molecule has 1 saturated heterocycles. The van der Waals surface area contributed by atoms with Gasteiger partial charge in [-0.25, -0.2) is 0 Å². The summed E-state index contributed by atoms with van der Waals surface area (Å²) in [5.74, 6) is 1.10. The van der Waals surface area contributed by atoms with E-state index in [2.05, 4.69) is 21.6 Å². The van der Waals surface area contributed by atoms with E-state index in [1.165, 1.54) is 12.8 Å². The normalized spacial score (nSPS) is 15.5. The van der Waals surface area contributed by atoms with E-state index in [0.29, 0.717) is 41.2 Å². The Hall–Kier alpha value is -3.48. The summed E-state index contributed by atoms with van der Waals surface area (Å²) in [6.45, 7) is 2.09. The molecule has 0 aromatic heterocycles. The minimum absolute atomic E-state index is 0.141. The Kier molecular flexibility index (Phi) is 6.87. The number of benzene rings is 2. The number of ether oxygens (including phenoxy) is 2. The number of nitrogens with one attached hydrogen (secondary N) is 3. The monoisotopic (exact) mass is 448 g/mol. The maximum atomic E-state index is 13.4. The summed E-state index contributed by atoms with van der Waals surface area (Å²) in [7, 11) is 5.03. The molecule has 0 spiro atoms. The molecule has 4 rings (SSSR count). The van der Waals surface area contributed by atoms with Gasteiger partial charge in [0.05, 0.1) is 31.3 Å². The molecule has 0 unspecified atom stereocenters. The maximum Gasteiger partial charge on any atom is 0.251 e. The molecule has 174 valence electrons. The number of anilines is 3. The van der Waals surface area contributed by atoms with Gasteiger partial charge in [0.1, 0.15) is 11.5 Å². The van der Waals surface area contributed by atoms with Crippen molar-refractivity contribution >= 4 is 28.7 Å². The lowest BCUT2D eigenvalue weighted by molar-refractivity contribution is -0.112. The number of carbonyl (C=O) groups is 1. The third-order valence-corrected chi connectivity index (χ3v) is 6.43. The molecule has 0 atom stereocenters. The van der Waals surface area contributed by atoms with E-state index in [0.717, 1.165) is 42.1 Å². The Morgan fingerprint density at radius 1 is 0.909 bits per heavy atom. The Balaban J connectivity index is 1.61. The second kappa shape index (κ2) is 9.98. The molecular formula is C26H32N4O3. The number of rotatable bonds is 8. The molecule has 33 heavy (non-hydrogen) atoms. The van der Waals surface area contributed by atoms with Crippen molar-refractivity contribution in [2.24, 2.45) is 0 Å². The van der Waals surface area contributed by atoms with Gasteiger partial charge in [0.15, 0.2) is 0 Å². The van der Waals surface area contributed by atoms with Crippen LogP contribution in [0.15, 0.2) is 47.5 Å². The number of hydrogen-bond acceptors (Lipinski definition) is 6. The predicted molar refractivity (Wildman–Crippen MR) is 133 cm³/mol. The van der Waals surface area contributed by atoms with E-state index in [9.17, 15) is 4.79 Å². The fourth-order valence-corrected chi connectivity index (χ4v) is 4.62. The Bertz CT molecular complexity index is 1060. The number of carbonyl (C=O) groups excluding carboxylic acids is 1. The summed E-state index contributed by atoms with van der Waals surface area (Å²) in [6, 6.07) is 11.5. The molecular weight excluding hydrogens is 416 g/mol. The molecule has 1 amide bonds. The average Bonchev–Trinajstić information content (AvgIpc) is 3.55. The molecule has 1 aliphatic carbocycles. The zero-order valence-electron chi connectivity index (χ0n) is 19.6. The fraction of sp³-hybridized carbons (Fsp3) is 0.385. The van der Waals surface area contributed by atoms with Crippen molar-refractivity contribution < 1.29 is 14.3 Å². The number of allylic oxidation sites excluding steroid dienone is 1. The average molecular weight is 449 g/mol. The predicted octanol–water partition coefficient (Wildman–Crippen LogP) is 4.83. The molecule has 2 aromatic carbocycles. The van der Waals surface area contributed by atoms with Crippen molar-refractivity contribution in [3.63, 3.8) is 0 Å². The van der Waals surface area contributed by atoms with Gasteiger partial charge >= 0.3 is 0 Å². The van der Waals surface area contributed by atoms with E-state index in [4.69, 9.17) is 14.9 Å². The minimum Gasteiger partial charge on any atom is -0.497 e. The zero-order chi connectivity index (χ0) is 23.4. The van der Waals surface area contributed by atoms with E-state index < -0.39 is 0 Å². The molecule has 7 heteroatoms. The second-order valence-corrected chi connectivity index (χ2v) is 8.42. The van der Waals surface area contributed by atoms with Crippen LogP contribution >= 0.6 is 0 Å². The van der Waals surface area contributed by atoms with Gasteiger partial charge in [-0.1, -0.05) is 0 Å². The van der Waals surface area contributed by atoms with E-state index in [-0.39, 0.29) is 5.91 Å². The lowest BCUT2D eigenvalue weighted by Crippen LogP contribution is -2.20. The SMILES string of the molecule is CNc1ccc(N2CCCC2)cc1NC(=O)C1=C(C(=N)c2cc(OC)cc(OC)c2)CCC1. The van der Waals surface area contributed by atoms with Crippen molar-refractivity contribution in [3.8, 4) is 11.5 Å². The highest BCUT2D eigenvalue weighted by Gasteiger charge is 2.26. The van der Waals surface area contributed by atoms with Gasteiger partial charge in [-0.3, -0.25) is 10.2 Å². The van der Waals surface area contributed by atoms with Crippen LogP contribution in [0.5, 0.6) is 11.5 Å². The van der Waals surface area contributed by atoms with Gasteiger partial charge in [0.25, 0.3) is 5.91 Å². The standard InChI is InChI=1S/C26H32N4O3/c1-28-23-10-9-18(30-11-4-5-12-30)15-24(23)29-26(31)22-8-6-7-21(22)25(27)17-13-19(32-2)16-20(14-17)33-3/h9-10,13-16,27-28H,4-8,11-12H2,1-3H3,(H,29,31). The smallest absolute Gasteiger partial charge is 0.251 e. The quantitative estimate of drug-likeness (QED) is 0.504. The van der Waals surface area contributed by atoms with Gasteiger partial charge in [-0.2, -0.15) is 0 Å². The first-order chi connectivity index (χ1) is 16.0. The molecule has 0 saturated carbocycles. The van der Waals surface area contributed by atoms with Gasteiger partial charge in [0.2, 0.25) is 0 Å². The summed E-state index contributed by atoms with van der Waals surface area (Å²) < 4.78 is 10.7. The Morgan fingerprint density at radius 2 is 1.58 bits per heavy atom. The molecule has 1 fully saturated rings. The van der Waals surface area contributed by atoms with Crippen molar-refractivity contribution in [1.29, 1.82) is 5.41 Å². The van der Waals surface area contributed by atoms with Gasteiger partial charge in [0, 0.05) is 43.0 Å². The third kappa shape index (κ3) is 4.82. The van der Waals surface area contributed by atoms with Crippen LogP contribution in [0.3, 0.4) is 0 Å². The minimum atomic E-state index is -0.141. The molecule has 3 N–H and O–H groups in total. The highest BCUT2D eigenvalue weighted by Crippen LogP contribution is 2.34. The number of nitrogens with zero attached hydrogens (tertiary/aromatic N) is 1. The molecule has 1 aliphatic heterocycles. The molecule has 7 nitrogen and oxygen atoms in total. The van der Waals surface area contributed by atoms with Crippen LogP contribution in [-0.2, 0) is 4.79 Å². The van der Waals surface area contributed by atoms with Gasteiger partial charge in [-0.05, 0) is 68.0 Å². The first-order valence-corrected chi connectivity index (χ1v) is 11.5. The van der Waals surface area contributed by atoms with Crippen LogP contribution in [0.1, 0.15) is 37.7 Å². The highest BCUT2D eigenvalue weighted by molar-refractivity contribution is 6.18. The Morgan fingerprint density at radius 3 is 2.21 bits per heavy atom. The topological polar surface area (TPSA) is 86.7 Å². The lowest BCUT2D eigenvalue weighted by atomic mass is 9.98. The first-order valence-electron chi connectivity index (χ1n) is 11.5. The fourth-order valence-electron chi connectivity index (χ4n) is 4.62. The van der Waals surface area contributed by atoms with Gasteiger partial charge < -0.3 is 25.0 Å².